The molecule has 1 rings (SSSR count). The zero-order valence-electron chi connectivity index (χ0n) is 13.2. The minimum Gasteiger partial charge on any atom is -0.424 e. The Bertz CT molecular complexity index is 765. The molecule has 0 radical (unpaired) electrons. The van der Waals surface area contributed by atoms with Gasteiger partial charge in [-0.1, -0.05) is 0 Å². The minimum absolute atomic E-state index is 0.336. The highest BCUT2D eigenvalue weighted by molar-refractivity contribution is 8.07. The lowest BCUT2D eigenvalue weighted by atomic mass is 10.2. The van der Waals surface area contributed by atoms with Crippen molar-refractivity contribution in [2.75, 3.05) is 13.2 Å². The first-order chi connectivity index (χ1) is 12.2. The summed E-state index contributed by atoms with van der Waals surface area (Å²) in [5, 5.41) is 8.60. The molecule has 0 aliphatic rings. The summed E-state index contributed by atoms with van der Waals surface area (Å²) in [5.74, 6) is -13.6. The zero-order chi connectivity index (χ0) is 21.1. The molecule has 0 saturated carbocycles. The highest BCUT2D eigenvalue weighted by Gasteiger charge is 2.73. The normalized spacial score (nSPS) is 15.1. The van der Waals surface area contributed by atoms with Gasteiger partial charge in [-0.05, 0) is 19.1 Å². The van der Waals surface area contributed by atoms with Crippen LogP contribution >= 0.6 is 6.72 Å². The molecule has 4 nitrogen and oxygen atoms in total. The summed E-state index contributed by atoms with van der Waals surface area (Å²) in [6.45, 7) is -5.81. The molecule has 0 amide bonds. The third-order valence-electron chi connectivity index (χ3n) is 2.78. The van der Waals surface area contributed by atoms with Crippen molar-refractivity contribution in [1.82, 2.24) is 0 Å². The van der Waals surface area contributed by atoms with E-state index in [1.807, 2.05) is 0 Å². The molecule has 1 atom stereocenters. The fourth-order valence-corrected chi connectivity index (χ4v) is 3.40. The van der Waals surface area contributed by atoms with Crippen LogP contribution in [-0.4, -0.2) is 31.2 Å². The van der Waals surface area contributed by atoms with Crippen LogP contribution in [0.25, 0.3) is 0 Å². The maximum Gasteiger partial charge on any atom is 0.459 e. The zero-order valence-corrected chi connectivity index (χ0v) is 14.9. The second kappa shape index (κ2) is 8.26. The predicted molar refractivity (Wildman–Crippen MR) is 79.6 cm³/mol. The summed E-state index contributed by atoms with van der Waals surface area (Å²) in [4.78, 5) is 0. The van der Waals surface area contributed by atoms with E-state index in [1.165, 1.54) is 13.0 Å². The van der Waals surface area contributed by atoms with E-state index < -0.39 is 48.5 Å². The Morgan fingerprint density at radius 3 is 2.15 bits per heavy atom. The van der Waals surface area contributed by atoms with Crippen molar-refractivity contribution in [2.24, 2.45) is 0 Å². The topological polar surface area (TPSA) is 51.5 Å². The van der Waals surface area contributed by atoms with E-state index in [1.54, 1.807) is 0 Å². The van der Waals surface area contributed by atoms with E-state index in [4.69, 9.17) is 14.3 Å². The molecule has 152 valence electrons. The van der Waals surface area contributed by atoms with Crippen LogP contribution in [0.1, 0.15) is 12.5 Å². The molecule has 14 heteroatoms. The SMILES string of the molecule is CCOP(=S)(OCC(F)(F)C(F)(F)C(F)(F)F)Oc1ccc(C#N)c(F)c1. The molecular formula is C13H10F8NO3PS. The summed E-state index contributed by atoms with van der Waals surface area (Å²) >= 11 is 4.67. The van der Waals surface area contributed by atoms with Crippen LogP contribution in [0.4, 0.5) is 35.1 Å². The first-order valence-electron chi connectivity index (χ1n) is 6.80. The molecule has 0 aliphatic heterocycles. The van der Waals surface area contributed by atoms with E-state index in [0.717, 1.165) is 12.1 Å². The third kappa shape index (κ3) is 5.51. The van der Waals surface area contributed by atoms with Gasteiger partial charge in [0.15, 0.2) is 0 Å². The Kier molecular flexibility index (Phi) is 7.21. The lowest BCUT2D eigenvalue weighted by Gasteiger charge is -2.30. The largest absolute Gasteiger partial charge is 0.459 e. The number of halogens is 8. The van der Waals surface area contributed by atoms with Gasteiger partial charge in [-0.3, -0.25) is 9.05 Å². The van der Waals surface area contributed by atoms with Gasteiger partial charge < -0.3 is 4.52 Å². The van der Waals surface area contributed by atoms with Gasteiger partial charge in [-0.25, -0.2) is 4.39 Å². The van der Waals surface area contributed by atoms with E-state index in [9.17, 15) is 35.1 Å². The summed E-state index contributed by atoms with van der Waals surface area (Å²) in [5.41, 5.74) is -0.399. The maximum atomic E-state index is 13.5. The van der Waals surface area contributed by atoms with Gasteiger partial charge in [-0.15, -0.1) is 0 Å². The average Bonchev–Trinajstić information content (AvgIpc) is 2.52. The van der Waals surface area contributed by atoms with E-state index in [0.29, 0.717) is 6.07 Å². The fourth-order valence-electron chi connectivity index (χ4n) is 1.48. The van der Waals surface area contributed by atoms with Gasteiger partial charge in [0.2, 0.25) is 0 Å². The summed E-state index contributed by atoms with van der Waals surface area (Å²) < 4.78 is 116. The quantitative estimate of drug-likeness (QED) is 0.409. The second-order valence-corrected chi connectivity index (χ2v) is 7.69. The Morgan fingerprint density at radius 2 is 1.70 bits per heavy atom. The van der Waals surface area contributed by atoms with Crippen molar-refractivity contribution in [3.8, 4) is 11.8 Å². The van der Waals surface area contributed by atoms with E-state index >= 15 is 0 Å². The number of nitriles is 1. The third-order valence-corrected chi connectivity index (χ3v) is 5.10. The summed E-state index contributed by atoms with van der Waals surface area (Å²) in [6.07, 6.45) is -6.54. The highest BCUT2D eigenvalue weighted by Crippen LogP contribution is 2.53. The maximum absolute atomic E-state index is 13.5. The Balaban J connectivity index is 3.03. The Labute approximate surface area is 152 Å². The van der Waals surface area contributed by atoms with Crippen LogP contribution in [0.2, 0.25) is 0 Å². The van der Waals surface area contributed by atoms with Gasteiger partial charge in [0, 0.05) is 17.9 Å². The van der Waals surface area contributed by atoms with Crippen molar-refractivity contribution >= 4 is 18.5 Å². The Hall–Kier alpha value is -1.48. The fraction of sp³-hybridized carbons (Fsp3) is 0.462. The molecule has 1 unspecified atom stereocenters. The molecule has 1 aromatic carbocycles. The molecule has 0 heterocycles. The number of rotatable bonds is 8. The number of alkyl halides is 7. The average molecular weight is 443 g/mol. The van der Waals surface area contributed by atoms with E-state index in [2.05, 4.69) is 16.3 Å². The molecule has 0 bridgehead atoms. The van der Waals surface area contributed by atoms with Crippen LogP contribution in [0, 0.1) is 17.1 Å². The minimum atomic E-state index is -6.54. The molecular weight excluding hydrogens is 433 g/mol. The van der Waals surface area contributed by atoms with Gasteiger partial charge in [0.1, 0.15) is 24.2 Å². The molecule has 0 saturated heterocycles. The van der Waals surface area contributed by atoms with E-state index in [-0.39, 0.29) is 6.61 Å². The van der Waals surface area contributed by atoms with Gasteiger partial charge in [-0.2, -0.15) is 36.0 Å². The molecule has 1 aromatic rings. The van der Waals surface area contributed by atoms with Gasteiger partial charge >= 0.3 is 24.7 Å². The first kappa shape index (κ1) is 23.6. The van der Waals surface area contributed by atoms with Crippen molar-refractivity contribution < 1.29 is 48.7 Å². The van der Waals surface area contributed by atoms with Crippen LogP contribution in [0.15, 0.2) is 18.2 Å². The summed E-state index contributed by atoms with van der Waals surface area (Å²) in [7, 11) is 0. The van der Waals surface area contributed by atoms with Crippen molar-refractivity contribution in [2.45, 2.75) is 24.9 Å². The monoisotopic (exact) mass is 443 g/mol. The standard InChI is InChI=1S/C13H10F8NO3PS/c1-2-23-26(27,25-9-4-3-8(6-22)10(14)5-9)24-7-11(15,16)12(17,18)13(19,20)21/h3-5H,2,7H2,1H3. The molecule has 0 aromatic heterocycles. The number of benzene rings is 1. The van der Waals surface area contributed by atoms with Crippen LogP contribution < -0.4 is 4.52 Å². The molecule has 0 fully saturated rings. The smallest absolute Gasteiger partial charge is 0.424 e. The Morgan fingerprint density at radius 1 is 1.11 bits per heavy atom. The lowest BCUT2D eigenvalue weighted by Crippen LogP contribution is -2.54. The molecule has 0 spiro atoms. The van der Waals surface area contributed by atoms with Crippen LogP contribution in [0.3, 0.4) is 0 Å². The molecule has 0 aliphatic carbocycles. The van der Waals surface area contributed by atoms with Gasteiger partial charge in [0.05, 0.1) is 12.2 Å². The number of hydrogen-bond donors (Lipinski definition) is 0. The number of nitrogens with zero attached hydrogens (tertiary/aromatic N) is 1. The predicted octanol–water partition coefficient (Wildman–Crippen LogP) is 5.19. The van der Waals surface area contributed by atoms with Crippen LogP contribution in [0.5, 0.6) is 5.75 Å². The second-order valence-electron chi connectivity index (χ2n) is 4.76. The lowest BCUT2D eigenvalue weighted by molar-refractivity contribution is -0.358. The highest BCUT2D eigenvalue weighted by atomic mass is 32.5. The number of hydrogen-bond acceptors (Lipinski definition) is 5. The summed E-state index contributed by atoms with van der Waals surface area (Å²) in [6, 6.07) is 4.02. The first-order valence-corrected chi connectivity index (χ1v) is 9.35. The van der Waals surface area contributed by atoms with Crippen molar-refractivity contribution in [3.05, 3.63) is 29.6 Å². The van der Waals surface area contributed by atoms with Crippen LogP contribution in [-0.2, 0) is 20.9 Å². The van der Waals surface area contributed by atoms with Gasteiger partial charge in [0.25, 0.3) is 0 Å². The molecule has 27 heavy (non-hydrogen) atoms. The van der Waals surface area contributed by atoms with Crippen molar-refractivity contribution in [3.63, 3.8) is 0 Å². The molecule has 0 N–H and O–H groups in total. The van der Waals surface area contributed by atoms with Crippen molar-refractivity contribution in [1.29, 1.82) is 5.26 Å².